The summed E-state index contributed by atoms with van der Waals surface area (Å²) >= 11 is 5.75. The van der Waals surface area contributed by atoms with Crippen molar-refractivity contribution in [3.63, 3.8) is 0 Å². The first-order valence-electron chi connectivity index (χ1n) is 6.40. The molecular formula is C16H7ClF2NO3-. The van der Waals surface area contributed by atoms with E-state index in [1.165, 1.54) is 34.9 Å². The summed E-state index contributed by atoms with van der Waals surface area (Å²) in [6, 6.07) is 7.18. The van der Waals surface area contributed by atoms with E-state index < -0.39 is 28.6 Å². The highest BCUT2D eigenvalue weighted by Crippen LogP contribution is 2.24. The van der Waals surface area contributed by atoms with Crippen molar-refractivity contribution in [1.82, 2.24) is 4.57 Å². The van der Waals surface area contributed by atoms with Crippen LogP contribution < -0.4 is 10.5 Å². The van der Waals surface area contributed by atoms with Crippen molar-refractivity contribution < 1.29 is 18.7 Å². The number of halogens is 3. The summed E-state index contributed by atoms with van der Waals surface area (Å²) in [5.41, 5.74) is -0.947. The highest BCUT2D eigenvalue weighted by Gasteiger charge is 2.14. The third kappa shape index (κ3) is 2.57. The predicted octanol–water partition coefficient (Wildman–Crippen LogP) is 2.29. The van der Waals surface area contributed by atoms with Crippen LogP contribution in [0.1, 0.15) is 10.4 Å². The Balaban J connectivity index is 2.46. The number of hydrogen-bond donors (Lipinski definition) is 0. The van der Waals surface area contributed by atoms with Crippen molar-refractivity contribution >= 4 is 28.5 Å². The normalized spacial score (nSPS) is 10.9. The van der Waals surface area contributed by atoms with Crippen LogP contribution in [0.2, 0.25) is 5.02 Å². The quantitative estimate of drug-likeness (QED) is 0.722. The van der Waals surface area contributed by atoms with Crippen LogP contribution in [0, 0.1) is 11.6 Å². The molecule has 0 spiro atoms. The van der Waals surface area contributed by atoms with Crippen LogP contribution in [0.4, 0.5) is 8.78 Å². The Kier molecular flexibility index (Phi) is 3.61. The van der Waals surface area contributed by atoms with E-state index in [0.717, 1.165) is 12.3 Å². The molecule has 23 heavy (non-hydrogen) atoms. The van der Waals surface area contributed by atoms with Gasteiger partial charge in [0, 0.05) is 17.3 Å². The van der Waals surface area contributed by atoms with Crippen molar-refractivity contribution in [2.45, 2.75) is 0 Å². The Morgan fingerprint density at radius 2 is 1.78 bits per heavy atom. The molecule has 0 radical (unpaired) electrons. The van der Waals surface area contributed by atoms with Crippen molar-refractivity contribution in [2.75, 3.05) is 0 Å². The highest BCUT2D eigenvalue weighted by molar-refractivity contribution is 6.31. The lowest BCUT2D eigenvalue weighted by Crippen LogP contribution is -2.30. The van der Waals surface area contributed by atoms with E-state index in [2.05, 4.69) is 0 Å². The van der Waals surface area contributed by atoms with Crippen LogP contribution in [0.15, 0.2) is 47.4 Å². The number of rotatable bonds is 2. The van der Waals surface area contributed by atoms with Crippen molar-refractivity contribution in [2.24, 2.45) is 0 Å². The fourth-order valence-corrected chi connectivity index (χ4v) is 2.44. The monoisotopic (exact) mass is 334 g/mol. The predicted molar refractivity (Wildman–Crippen MR) is 78.8 cm³/mol. The molecule has 0 aliphatic carbocycles. The van der Waals surface area contributed by atoms with Crippen LogP contribution >= 0.6 is 11.6 Å². The fourth-order valence-electron chi connectivity index (χ4n) is 2.28. The molecule has 0 saturated carbocycles. The van der Waals surface area contributed by atoms with Crippen LogP contribution in [0.3, 0.4) is 0 Å². The molecule has 116 valence electrons. The van der Waals surface area contributed by atoms with Gasteiger partial charge in [0.2, 0.25) is 0 Å². The number of fused-ring (bicyclic) bond motifs is 1. The van der Waals surface area contributed by atoms with Gasteiger partial charge in [-0.05, 0) is 36.4 Å². The zero-order chi connectivity index (χ0) is 16.7. The van der Waals surface area contributed by atoms with Crippen LogP contribution in [-0.4, -0.2) is 10.5 Å². The molecule has 3 rings (SSSR count). The van der Waals surface area contributed by atoms with E-state index in [-0.39, 0.29) is 15.9 Å². The fraction of sp³-hybridized carbons (Fsp3) is 0. The minimum absolute atomic E-state index is 0.169. The van der Waals surface area contributed by atoms with Gasteiger partial charge in [-0.15, -0.1) is 0 Å². The summed E-state index contributed by atoms with van der Waals surface area (Å²) in [6.07, 6.45) is 1.04. The number of carbonyl (C=O) groups excluding carboxylic acids is 1. The van der Waals surface area contributed by atoms with Gasteiger partial charge >= 0.3 is 0 Å². The summed E-state index contributed by atoms with van der Waals surface area (Å²) in [5.74, 6) is -3.02. The number of pyridine rings is 1. The number of hydrogen-bond acceptors (Lipinski definition) is 3. The molecule has 1 heterocycles. The molecule has 0 aliphatic rings. The molecule has 3 aromatic rings. The molecule has 0 aliphatic heterocycles. The van der Waals surface area contributed by atoms with Crippen molar-refractivity contribution in [3.05, 3.63) is 75.0 Å². The molecule has 0 amide bonds. The second-order valence-electron chi connectivity index (χ2n) is 4.79. The maximum Gasteiger partial charge on any atom is 0.198 e. The van der Waals surface area contributed by atoms with Crippen LogP contribution in [0.25, 0.3) is 16.6 Å². The molecule has 7 heteroatoms. The highest BCUT2D eigenvalue weighted by atomic mass is 35.5. The first-order chi connectivity index (χ1) is 10.9. The number of aromatic carboxylic acids is 1. The molecule has 0 atom stereocenters. The van der Waals surface area contributed by atoms with Gasteiger partial charge in [0.15, 0.2) is 5.43 Å². The zero-order valence-corrected chi connectivity index (χ0v) is 12.1. The minimum atomic E-state index is -1.69. The number of carboxylic acid groups (broad SMARTS) is 1. The zero-order valence-electron chi connectivity index (χ0n) is 11.3. The summed E-state index contributed by atoms with van der Waals surface area (Å²) in [7, 11) is 0. The Morgan fingerprint density at radius 3 is 2.39 bits per heavy atom. The van der Waals surface area contributed by atoms with Gasteiger partial charge in [-0.1, -0.05) is 11.6 Å². The summed E-state index contributed by atoms with van der Waals surface area (Å²) in [5, 5.41) is 10.8. The maximum atomic E-state index is 13.7. The molecule has 0 N–H and O–H groups in total. The van der Waals surface area contributed by atoms with Crippen molar-refractivity contribution in [1.29, 1.82) is 0 Å². The lowest BCUT2D eigenvalue weighted by molar-refractivity contribution is -0.255. The molecule has 0 fully saturated rings. The Hall–Kier alpha value is -2.73. The van der Waals surface area contributed by atoms with E-state index in [4.69, 9.17) is 11.6 Å². The number of benzene rings is 2. The smallest absolute Gasteiger partial charge is 0.198 e. The second-order valence-corrected chi connectivity index (χ2v) is 5.20. The minimum Gasteiger partial charge on any atom is -0.545 e. The first-order valence-corrected chi connectivity index (χ1v) is 6.78. The van der Waals surface area contributed by atoms with Crippen LogP contribution in [-0.2, 0) is 0 Å². The van der Waals surface area contributed by atoms with Crippen molar-refractivity contribution in [3.8, 4) is 5.69 Å². The van der Waals surface area contributed by atoms with Gasteiger partial charge in [0.05, 0.1) is 22.1 Å². The van der Waals surface area contributed by atoms with Gasteiger partial charge in [-0.25, -0.2) is 8.78 Å². The standard InChI is InChI=1S/C16H8ClF2NO3/c17-12-6-14-10(5-13(12)19)15(21)11(16(22)23)7-20(14)9-3-1-8(18)2-4-9/h1-7H,(H,22,23)/p-1. The number of nitrogens with zero attached hydrogens (tertiary/aromatic N) is 1. The van der Waals surface area contributed by atoms with Gasteiger partial charge < -0.3 is 14.5 Å². The van der Waals surface area contributed by atoms with E-state index in [9.17, 15) is 23.5 Å². The topological polar surface area (TPSA) is 62.1 Å². The number of aromatic nitrogens is 1. The third-order valence-electron chi connectivity index (χ3n) is 3.37. The molecule has 2 aromatic carbocycles. The van der Waals surface area contributed by atoms with Gasteiger partial charge in [-0.3, -0.25) is 4.79 Å². The molecule has 0 saturated heterocycles. The van der Waals surface area contributed by atoms with E-state index in [1.807, 2.05) is 0 Å². The SMILES string of the molecule is O=C([O-])c1cn(-c2ccc(F)cc2)c2cc(Cl)c(F)cc2c1=O. The molecule has 0 bridgehead atoms. The maximum absolute atomic E-state index is 13.7. The lowest BCUT2D eigenvalue weighted by atomic mass is 10.1. The van der Waals surface area contributed by atoms with Gasteiger partial charge in [-0.2, -0.15) is 0 Å². The van der Waals surface area contributed by atoms with Gasteiger partial charge in [0.25, 0.3) is 0 Å². The average Bonchev–Trinajstić information content (AvgIpc) is 2.50. The van der Waals surface area contributed by atoms with Gasteiger partial charge in [0.1, 0.15) is 11.6 Å². The first kappa shape index (κ1) is 15.2. The Morgan fingerprint density at radius 1 is 1.13 bits per heavy atom. The summed E-state index contributed by atoms with van der Waals surface area (Å²) in [6.45, 7) is 0. The summed E-state index contributed by atoms with van der Waals surface area (Å²) in [4.78, 5) is 23.3. The average molecular weight is 335 g/mol. The Bertz CT molecular complexity index is 997. The molecule has 4 nitrogen and oxygen atoms in total. The largest absolute Gasteiger partial charge is 0.545 e. The molecule has 0 unspecified atom stereocenters. The van der Waals surface area contributed by atoms with E-state index in [1.54, 1.807) is 0 Å². The second kappa shape index (κ2) is 5.48. The lowest BCUT2D eigenvalue weighted by Gasteiger charge is -2.14. The number of carbonyl (C=O) groups is 1. The third-order valence-corrected chi connectivity index (χ3v) is 3.66. The van der Waals surface area contributed by atoms with E-state index in [0.29, 0.717) is 5.69 Å². The Labute approximate surface area is 133 Å². The van der Waals surface area contributed by atoms with Crippen LogP contribution in [0.5, 0.6) is 0 Å². The number of carboxylic acids is 1. The molecule has 1 aromatic heterocycles. The molecular weight excluding hydrogens is 328 g/mol. The van der Waals surface area contributed by atoms with E-state index >= 15 is 0 Å². The summed E-state index contributed by atoms with van der Waals surface area (Å²) < 4.78 is 28.0.